The van der Waals surface area contributed by atoms with Crippen LogP contribution in [0.15, 0.2) is 51.9 Å². The highest BCUT2D eigenvalue weighted by molar-refractivity contribution is 6.29. The minimum Gasteiger partial charge on any atom is -0.476 e. The number of fused-ring (bicyclic) bond motifs is 1. The van der Waals surface area contributed by atoms with Gasteiger partial charge in [-0.15, -0.1) is 0 Å². The van der Waals surface area contributed by atoms with Gasteiger partial charge in [-0.25, -0.2) is 9.78 Å². The van der Waals surface area contributed by atoms with Crippen molar-refractivity contribution >= 4 is 34.2 Å². The molecule has 1 atom stereocenters. The van der Waals surface area contributed by atoms with E-state index >= 15 is 0 Å². The number of anilines is 1. The van der Waals surface area contributed by atoms with E-state index in [0.717, 1.165) is 5.56 Å². The second-order valence-corrected chi connectivity index (χ2v) is 7.70. The molecule has 8 nitrogen and oxygen atoms in total. The van der Waals surface area contributed by atoms with Crippen LogP contribution >= 0.6 is 11.6 Å². The molecule has 3 heterocycles. The van der Waals surface area contributed by atoms with Gasteiger partial charge in [0.05, 0.1) is 28.9 Å². The van der Waals surface area contributed by atoms with Gasteiger partial charge < -0.3 is 14.8 Å². The summed E-state index contributed by atoms with van der Waals surface area (Å²) in [5, 5.41) is 17.3. The summed E-state index contributed by atoms with van der Waals surface area (Å²) in [5.74, 6) is -0.793. The Labute approximate surface area is 182 Å². The molecule has 158 valence electrons. The molecule has 4 rings (SSSR count). The number of hydrogen-bond donors (Lipinski definition) is 2. The minimum absolute atomic E-state index is 0.0868. The molecule has 0 aliphatic rings. The average molecular weight is 439 g/mol. The summed E-state index contributed by atoms with van der Waals surface area (Å²) >= 11 is 5.85. The highest BCUT2D eigenvalue weighted by atomic mass is 35.5. The Morgan fingerprint density at radius 1 is 1.29 bits per heavy atom. The number of rotatable bonds is 5. The van der Waals surface area contributed by atoms with E-state index in [4.69, 9.17) is 16.0 Å². The summed E-state index contributed by atoms with van der Waals surface area (Å²) in [7, 11) is 1.78. The SMILES string of the molecule is Cc1cc(C(C)Nc2ccc(Cl)nc2C(=O)O)c2oc(-c3cnn(C)c3)cc(=O)c2c1. The highest BCUT2D eigenvalue weighted by Crippen LogP contribution is 2.31. The molecular weight excluding hydrogens is 420 g/mol. The van der Waals surface area contributed by atoms with Crippen molar-refractivity contribution in [3.8, 4) is 11.3 Å². The smallest absolute Gasteiger partial charge is 0.356 e. The van der Waals surface area contributed by atoms with Crippen LogP contribution in [-0.4, -0.2) is 25.8 Å². The average Bonchev–Trinajstić information content (AvgIpc) is 3.15. The standard InChI is InChI=1S/C22H19ClN4O4/c1-11-6-14(12(2)25-16-4-5-19(23)26-20(16)22(29)30)21-15(7-11)17(28)8-18(31-21)13-9-24-27(3)10-13/h4-10,12,25H,1-3H3,(H,29,30). The number of aryl methyl sites for hydroxylation is 2. The van der Waals surface area contributed by atoms with E-state index < -0.39 is 12.0 Å². The van der Waals surface area contributed by atoms with Gasteiger partial charge in [0.1, 0.15) is 16.5 Å². The molecule has 31 heavy (non-hydrogen) atoms. The summed E-state index contributed by atoms with van der Waals surface area (Å²) in [6.45, 7) is 3.74. The van der Waals surface area contributed by atoms with Gasteiger partial charge in [-0.1, -0.05) is 17.7 Å². The molecule has 0 amide bonds. The van der Waals surface area contributed by atoms with Crippen LogP contribution in [0.2, 0.25) is 5.15 Å². The summed E-state index contributed by atoms with van der Waals surface area (Å²) in [6.07, 6.45) is 3.39. The number of carbonyl (C=O) groups is 1. The van der Waals surface area contributed by atoms with E-state index in [0.29, 0.717) is 33.5 Å². The molecule has 0 radical (unpaired) electrons. The first-order chi connectivity index (χ1) is 14.7. The second kappa shape index (κ2) is 7.88. The van der Waals surface area contributed by atoms with Crippen molar-refractivity contribution in [1.82, 2.24) is 14.8 Å². The molecule has 1 unspecified atom stereocenters. The summed E-state index contributed by atoms with van der Waals surface area (Å²) in [5.41, 5.74) is 2.66. The summed E-state index contributed by atoms with van der Waals surface area (Å²) < 4.78 is 7.76. The first-order valence-corrected chi connectivity index (χ1v) is 9.84. The van der Waals surface area contributed by atoms with E-state index in [-0.39, 0.29) is 16.3 Å². The second-order valence-electron chi connectivity index (χ2n) is 7.31. The molecular formula is C22H19ClN4O4. The number of carboxylic acid groups (broad SMARTS) is 1. The lowest BCUT2D eigenvalue weighted by Crippen LogP contribution is -2.13. The molecule has 0 fully saturated rings. The van der Waals surface area contributed by atoms with Crippen molar-refractivity contribution in [2.75, 3.05) is 5.32 Å². The number of aromatic nitrogens is 3. The maximum Gasteiger partial charge on any atom is 0.356 e. The van der Waals surface area contributed by atoms with E-state index in [1.165, 1.54) is 12.1 Å². The van der Waals surface area contributed by atoms with Crippen LogP contribution in [0.5, 0.6) is 0 Å². The van der Waals surface area contributed by atoms with Crippen molar-refractivity contribution in [3.05, 3.63) is 74.9 Å². The molecule has 0 saturated heterocycles. The molecule has 0 saturated carbocycles. The fourth-order valence-electron chi connectivity index (χ4n) is 3.47. The van der Waals surface area contributed by atoms with Crippen molar-refractivity contribution in [3.63, 3.8) is 0 Å². The molecule has 2 N–H and O–H groups in total. The maximum absolute atomic E-state index is 12.8. The van der Waals surface area contributed by atoms with E-state index in [1.807, 2.05) is 19.9 Å². The number of pyridine rings is 1. The summed E-state index contributed by atoms with van der Waals surface area (Å²) in [4.78, 5) is 28.3. The van der Waals surface area contributed by atoms with E-state index in [1.54, 1.807) is 36.3 Å². The largest absolute Gasteiger partial charge is 0.476 e. The van der Waals surface area contributed by atoms with Gasteiger partial charge in [-0.3, -0.25) is 9.48 Å². The molecule has 0 bridgehead atoms. The van der Waals surface area contributed by atoms with Crippen LogP contribution in [0.1, 0.15) is 34.6 Å². The quantitative estimate of drug-likeness (QED) is 0.443. The number of nitrogens with one attached hydrogen (secondary N) is 1. The minimum atomic E-state index is -1.20. The number of nitrogens with zero attached hydrogens (tertiary/aromatic N) is 3. The molecule has 9 heteroatoms. The summed E-state index contributed by atoms with van der Waals surface area (Å²) in [6, 6.07) is 7.81. The lowest BCUT2D eigenvalue weighted by Gasteiger charge is -2.19. The zero-order valence-electron chi connectivity index (χ0n) is 17.0. The Hall–Kier alpha value is -3.65. The van der Waals surface area contributed by atoms with E-state index in [2.05, 4.69) is 15.4 Å². The van der Waals surface area contributed by atoms with Crippen LogP contribution in [0.3, 0.4) is 0 Å². The number of benzene rings is 1. The fraction of sp³-hybridized carbons (Fsp3) is 0.182. The van der Waals surface area contributed by atoms with Gasteiger partial charge in [0.15, 0.2) is 11.1 Å². The van der Waals surface area contributed by atoms with Gasteiger partial charge in [0.2, 0.25) is 0 Å². The number of carboxylic acids is 1. The van der Waals surface area contributed by atoms with Crippen LogP contribution in [0.25, 0.3) is 22.3 Å². The van der Waals surface area contributed by atoms with Crippen LogP contribution in [0, 0.1) is 6.92 Å². The van der Waals surface area contributed by atoms with Crippen LogP contribution < -0.4 is 10.7 Å². The molecule has 4 aromatic rings. The highest BCUT2D eigenvalue weighted by Gasteiger charge is 2.19. The van der Waals surface area contributed by atoms with Gasteiger partial charge >= 0.3 is 5.97 Å². The van der Waals surface area contributed by atoms with Gasteiger partial charge in [0.25, 0.3) is 0 Å². The van der Waals surface area contributed by atoms with Crippen molar-refractivity contribution in [2.45, 2.75) is 19.9 Å². The van der Waals surface area contributed by atoms with Gasteiger partial charge in [0, 0.05) is 24.9 Å². The molecule has 0 aliphatic carbocycles. The van der Waals surface area contributed by atoms with Crippen molar-refractivity contribution in [1.29, 1.82) is 0 Å². The topological polar surface area (TPSA) is 110 Å². The first-order valence-electron chi connectivity index (χ1n) is 9.46. The Balaban J connectivity index is 1.84. The maximum atomic E-state index is 12.8. The Morgan fingerprint density at radius 2 is 2.06 bits per heavy atom. The van der Waals surface area contributed by atoms with Crippen molar-refractivity contribution < 1.29 is 14.3 Å². The lowest BCUT2D eigenvalue weighted by atomic mass is 10.0. The fourth-order valence-corrected chi connectivity index (χ4v) is 3.62. The normalized spacial score (nSPS) is 12.1. The number of halogens is 1. The van der Waals surface area contributed by atoms with Crippen LogP contribution in [0.4, 0.5) is 5.69 Å². The monoisotopic (exact) mass is 438 g/mol. The van der Waals surface area contributed by atoms with Crippen molar-refractivity contribution in [2.24, 2.45) is 7.05 Å². The van der Waals surface area contributed by atoms with Gasteiger partial charge in [-0.2, -0.15) is 5.10 Å². The third-order valence-electron chi connectivity index (χ3n) is 4.89. The van der Waals surface area contributed by atoms with Crippen LogP contribution in [-0.2, 0) is 7.05 Å². The Morgan fingerprint density at radius 3 is 2.74 bits per heavy atom. The third kappa shape index (κ3) is 4.02. The number of hydrogen-bond acceptors (Lipinski definition) is 6. The zero-order valence-corrected chi connectivity index (χ0v) is 17.8. The third-order valence-corrected chi connectivity index (χ3v) is 5.10. The van der Waals surface area contributed by atoms with E-state index in [9.17, 15) is 14.7 Å². The van der Waals surface area contributed by atoms with Gasteiger partial charge in [-0.05, 0) is 37.6 Å². The zero-order chi connectivity index (χ0) is 22.3. The predicted molar refractivity (Wildman–Crippen MR) is 118 cm³/mol. The Kier molecular flexibility index (Phi) is 5.24. The lowest BCUT2D eigenvalue weighted by molar-refractivity contribution is 0.0691. The molecule has 1 aromatic carbocycles. The number of aromatic carboxylic acids is 1. The molecule has 0 aliphatic heterocycles. The Bertz CT molecular complexity index is 1380. The molecule has 0 spiro atoms. The predicted octanol–water partition coefficient (Wildman–Crippen LogP) is 4.42. The first kappa shape index (κ1) is 20.6. The molecule has 3 aromatic heterocycles.